The van der Waals surface area contributed by atoms with Gasteiger partial charge in [-0.25, -0.2) is 5.43 Å². The van der Waals surface area contributed by atoms with Gasteiger partial charge >= 0.3 is 0 Å². The third kappa shape index (κ3) is 3.56. The number of hydrogen-bond donors (Lipinski definition) is 2. The molecule has 8 heteroatoms. The van der Waals surface area contributed by atoms with Crippen LogP contribution in [0.1, 0.15) is 15.2 Å². The molecule has 1 heterocycles. The molecule has 25 heavy (non-hydrogen) atoms. The van der Waals surface area contributed by atoms with Crippen LogP contribution in [0.25, 0.3) is 10.1 Å². The summed E-state index contributed by atoms with van der Waals surface area (Å²) in [6.45, 7) is 0. The van der Waals surface area contributed by atoms with Crippen molar-refractivity contribution in [3.8, 4) is 11.5 Å². The van der Waals surface area contributed by atoms with E-state index in [-0.39, 0.29) is 5.75 Å². The van der Waals surface area contributed by atoms with E-state index < -0.39 is 5.91 Å². The molecule has 0 saturated carbocycles. The first-order valence-corrected chi connectivity index (χ1v) is 8.65. The number of carbonyl (C=O) groups is 1. The average Bonchev–Trinajstić information content (AvgIpc) is 2.95. The van der Waals surface area contributed by atoms with E-state index in [1.54, 1.807) is 24.3 Å². The van der Waals surface area contributed by atoms with Gasteiger partial charge in [0.15, 0.2) is 0 Å². The molecule has 0 aliphatic carbocycles. The van der Waals surface area contributed by atoms with Crippen molar-refractivity contribution in [3.05, 3.63) is 56.9 Å². The molecule has 0 aliphatic heterocycles. The van der Waals surface area contributed by atoms with E-state index in [0.29, 0.717) is 30.8 Å². The standard InChI is InChI=1S/C17H12Cl2N2O3S/c1-24-12-7-6-11-13(18)16(25-15(11)14(12)19)17(23)21-20-8-9-2-4-10(22)5-3-9/h2-8,22H,1H3,(H,21,23)/b20-8+. The van der Waals surface area contributed by atoms with Crippen LogP contribution in [0, 0.1) is 0 Å². The molecule has 1 aromatic heterocycles. The zero-order valence-corrected chi connectivity index (χ0v) is 15.2. The number of fused-ring (bicyclic) bond motifs is 1. The number of methoxy groups -OCH3 is 1. The lowest BCUT2D eigenvalue weighted by Gasteiger charge is -2.02. The molecular weight excluding hydrogens is 383 g/mol. The monoisotopic (exact) mass is 394 g/mol. The Morgan fingerprint density at radius 3 is 2.60 bits per heavy atom. The quantitative estimate of drug-likeness (QED) is 0.498. The minimum atomic E-state index is -0.434. The van der Waals surface area contributed by atoms with E-state index in [0.717, 1.165) is 5.56 Å². The minimum Gasteiger partial charge on any atom is -0.508 e. The number of rotatable bonds is 4. The molecule has 5 nitrogen and oxygen atoms in total. The number of phenols is 1. The predicted octanol–water partition coefficient (Wildman–Crippen LogP) is 4.69. The van der Waals surface area contributed by atoms with Gasteiger partial charge in [0.25, 0.3) is 5.91 Å². The van der Waals surface area contributed by atoms with E-state index in [1.807, 2.05) is 0 Å². The first kappa shape index (κ1) is 17.5. The normalized spacial score (nSPS) is 11.2. The molecule has 0 fully saturated rings. The van der Waals surface area contributed by atoms with Crippen LogP contribution in [0.2, 0.25) is 10.0 Å². The predicted molar refractivity (Wildman–Crippen MR) is 102 cm³/mol. The van der Waals surface area contributed by atoms with Crippen molar-refractivity contribution in [1.29, 1.82) is 0 Å². The fourth-order valence-corrected chi connectivity index (χ4v) is 3.95. The Bertz CT molecular complexity index is 968. The van der Waals surface area contributed by atoms with Crippen LogP contribution in [0.5, 0.6) is 11.5 Å². The van der Waals surface area contributed by atoms with Gasteiger partial charge in [-0.2, -0.15) is 5.10 Å². The van der Waals surface area contributed by atoms with Gasteiger partial charge in [-0.15, -0.1) is 11.3 Å². The summed E-state index contributed by atoms with van der Waals surface area (Å²) in [5.74, 6) is 0.242. The van der Waals surface area contributed by atoms with Crippen LogP contribution in [0.3, 0.4) is 0 Å². The van der Waals surface area contributed by atoms with Crippen LogP contribution in [0.4, 0.5) is 0 Å². The van der Waals surface area contributed by atoms with Crippen molar-refractivity contribution >= 4 is 56.7 Å². The summed E-state index contributed by atoms with van der Waals surface area (Å²) in [4.78, 5) is 12.6. The summed E-state index contributed by atoms with van der Waals surface area (Å²) in [5.41, 5.74) is 3.16. The molecule has 0 radical (unpaired) electrons. The Labute approximate surface area is 157 Å². The van der Waals surface area contributed by atoms with Crippen molar-refractivity contribution in [2.24, 2.45) is 5.10 Å². The third-order valence-corrected chi connectivity index (χ3v) is 5.61. The summed E-state index contributed by atoms with van der Waals surface area (Å²) in [6, 6.07) is 9.86. The lowest BCUT2D eigenvalue weighted by Crippen LogP contribution is -2.16. The maximum atomic E-state index is 12.3. The zero-order valence-electron chi connectivity index (χ0n) is 12.9. The van der Waals surface area contributed by atoms with Crippen molar-refractivity contribution in [2.45, 2.75) is 0 Å². The summed E-state index contributed by atoms with van der Waals surface area (Å²) < 4.78 is 5.85. The largest absolute Gasteiger partial charge is 0.508 e. The van der Waals surface area contributed by atoms with Gasteiger partial charge in [-0.3, -0.25) is 4.79 Å². The van der Waals surface area contributed by atoms with Crippen LogP contribution >= 0.6 is 34.5 Å². The number of hydrazone groups is 1. The second-order valence-corrected chi connectivity index (χ2v) is 6.77. The van der Waals surface area contributed by atoms with E-state index in [2.05, 4.69) is 10.5 Å². The van der Waals surface area contributed by atoms with Crippen LogP contribution in [-0.4, -0.2) is 24.3 Å². The van der Waals surface area contributed by atoms with Crippen LogP contribution < -0.4 is 10.2 Å². The number of phenolic OH excluding ortho intramolecular Hbond substituents is 1. The van der Waals surface area contributed by atoms with E-state index in [1.165, 1.54) is 36.8 Å². The number of halogens is 2. The number of benzene rings is 2. The van der Waals surface area contributed by atoms with Crippen molar-refractivity contribution in [3.63, 3.8) is 0 Å². The minimum absolute atomic E-state index is 0.158. The molecule has 1 amide bonds. The first-order chi connectivity index (χ1) is 12.0. The molecule has 0 atom stereocenters. The lowest BCUT2D eigenvalue weighted by atomic mass is 10.2. The highest BCUT2D eigenvalue weighted by molar-refractivity contribution is 7.22. The SMILES string of the molecule is COc1ccc2c(Cl)c(C(=O)N/N=C/c3ccc(O)cc3)sc2c1Cl. The Hall–Kier alpha value is -2.28. The zero-order chi connectivity index (χ0) is 18.0. The van der Waals surface area contributed by atoms with Crippen molar-refractivity contribution < 1.29 is 14.6 Å². The molecule has 3 aromatic rings. The van der Waals surface area contributed by atoms with E-state index in [4.69, 9.17) is 27.9 Å². The van der Waals surface area contributed by atoms with Gasteiger partial charge in [-0.05, 0) is 42.0 Å². The van der Waals surface area contributed by atoms with Gasteiger partial charge in [0.05, 0.1) is 23.0 Å². The van der Waals surface area contributed by atoms with Gasteiger partial charge in [-0.1, -0.05) is 23.2 Å². The number of hydrogen-bond acceptors (Lipinski definition) is 5. The summed E-state index contributed by atoms with van der Waals surface area (Å²) in [7, 11) is 1.52. The van der Waals surface area contributed by atoms with Crippen molar-refractivity contribution in [1.82, 2.24) is 5.43 Å². The molecule has 0 spiro atoms. The Morgan fingerprint density at radius 2 is 1.92 bits per heavy atom. The summed E-state index contributed by atoms with van der Waals surface area (Å²) in [5, 5.41) is 14.6. The number of aromatic hydroxyl groups is 1. The van der Waals surface area contributed by atoms with Crippen LogP contribution in [-0.2, 0) is 0 Å². The first-order valence-electron chi connectivity index (χ1n) is 7.08. The van der Waals surface area contributed by atoms with Crippen molar-refractivity contribution in [2.75, 3.05) is 7.11 Å². The number of ether oxygens (including phenoxy) is 1. The highest BCUT2D eigenvalue weighted by atomic mass is 35.5. The van der Waals surface area contributed by atoms with Gasteiger partial charge in [0.1, 0.15) is 21.4 Å². The molecule has 128 valence electrons. The molecule has 0 bridgehead atoms. The second-order valence-electron chi connectivity index (χ2n) is 4.99. The molecule has 0 saturated heterocycles. The number of amides is 1. The van der Waals surface area contributed by atoms with Crippen LogP contribution in [0.15, 0.2) is 41.5 Å². The topological polar surface area (TPSA) is 70.9 Å². The van der Waals surface area contributed by atoms with Gasteiger partial charge < -0.3 is 9.84 Å². The number of nitrogens with one attached hydrogen (secondary N) is 1. The summed E-state index contributed by atoms with van der Waals surface area (Å²) in [6.07, 6.45) is 1.47. The highest BCUT2D eigenvalue weighted by Gasteiger charge is 2.20. The van der Waals surface area contributed by atoms with E-state index >= 15 is 0 Å². The second kappa shape index (κ2) is 7.31. The van der Waals surface area contributed by atoms with E-state index in [9.17, 15) is 9.90 Å². The fraction of sp³-hybridized carbons (Fsp3) is 0.0588. The maximum Gasteiger partial charge on any atom is 0.283 e. The molecule has 2 N–H and O–H groups in total. The molecule has 0 unspecified atom stereocenters. The molecular formula is C17H12Cl2N2O3S. The highest BCUT2D eigenvalue weighted by Crippen LogP contribution is 2.42. The third-order valence-electron chi connectivity index (χ3n) is 3.40. The van der Waals surface area contributed by atoms with Gasteiger partial charge in [0, 0.05) is 5.39 Å². The molecule has 2 aromatic carbocycles. The Balaban J connectivity index is 1.83. The molecule has 0 aliphatic rings. The maximum absolute atomic E-state index is 12.3. The molecule has 3 rings (SSSR count). The Kier molecular flexibility index (Phi) is 5.13. The lowest BCUT2D eigenvalue weighted by molar-refractivity contribution is 0.0959. The van der Waals surface area contributed by atoms with Gasteiger partial charge in [0.2, 0.25) is 0 Å². The summed E-state index contributed by atoms with van der Waals surface area (Å²) >= 11 is 13.8. The number of nitrogens with zero attached hydrogens (tertiary/aromatic N) is 1. The number of carbonyl (C=O) groups excluding carboxylic acids is 1. The smallest absolute Gasteiger partial charge is 0.283 e. The fourth-order valence-electron chi connectivity index (χ4n) is 2.16. The number of thiophene rings is 1. The Morgan fingerprint density at radius 1 is 1.20 bits per heavy atom. The average molecular weight is 395 g/mol.